The van der Waals surface area contributed by atoms with E-state index in [9.17, 15) is 9.59 Å². The van der Waals surface area contributed by atoms with Gasteiger partial charge in [0.2, 0.25) is 0 Å². The first-order valence-corrected chi connectivity index (χ1v) is 9.12. The van der Waals surface area contributed by atoms with Crippen LogP contribution in [0.25, 0.3) is 0 Å². The van der Waals surface area contributed by atoms with Crippen LogP contribution in [-0.4, -0.2) is 36.4 Å². The number of hydrogen-bond acceptors (Lipinski definition) is 4. The van der Waals surface area contributed by atoms with E-state index in [1.165, 1.54) is 5.56 Å². The normalized spacial score (nSPS) is 10.6. The molecule has 0 spiro atoms. The van der Waals surface area contributed by atoms with Crippen LogP contribution in [0.3, 0.4) is 0 Å². The maximum atomic E-state index is 12.5. The van der Waals surface area contributed by atoms with Crippen LogP contribution < -0.4 is 15.8 Å². The first-order valence-electron chi connectivity index (χ1n) is 9.12. The fourth-order valence-electron chi connectivity index (χ4n) is 2.67. The standard InChI is InChI=1S/C21H27N3O3/c1-3-24(4-2)14-17-11-9-16(10-12-17)13-23-21(26)18-7-5-6-8-19(18)27-15-20(22)25/h5-12H,3-4,13-15H2,1-2H3,(H2,22,25)(H,23,26). The van der Waals surface area contributed by atoms with Crippen molar-refractivity contribution in [1.82, 2.24) is 10.2 Å². The van der Waals surface area contributed by atoms with Crippen LogP contribution in [0.15, 0.2) is 48.5 Å². The third-order valence-electron chi connectivity index (χ3n) is 4.28. The first-order chi connectivity index (χ1) is 13.0. The average molecular weight is 369 g/mol. The number of hydrogen-bond donors (Lipinski definition) is 2. The zero-order valence-corrected chi connectivity index (χ0v) is 15.9. The molecule has 0 heterocycles. The van der Waals surface area contributed by atoms with E-state index in [1.54, 1.807) is 24.3 Å². The van der Waals surface area contributed by atoms with E-state index in [0.717, 1.165) is 25.2 Å². The van der Waals surface area contributed by atoms with Crippen LogP contribution in [0.4, 0.5) is 0 Å². The predicted molar refractivity (Wildman–Crippen MR) is 105 cm³/mol. The summed E-state index contributed by atoms with van der Waals surface area (Å²) >= 11 is 0. The summed E-state index contributed by atoms with van der Waals surface area (Å²) in [6, 6.07) is 15.0. The monoisotopic (exact) mass is 369 g/mol. The minimum atomic E-state index is -0.588. The van der Waals surface area contributed by atoms with Gasteiger partial charge in [0.25, 0.3) is 11.8 Å². The molecule has 2 rings (SSSR count). The van der Waals surface area contributed by atoms with Crippen molar-refractivity contribution in [2.24, 2.45) is 5.73 Å². The Kier molecular flexibility index (Phi) is 7.82. The number of amides is 2. The van der Waals surface area contributed by atoms with Crippen LogP contribution >= 0.6 is 0 Å². The van der Waals surface area contributed by atoms with E-state index in [0.29, 0.717) is 17.9 Å². The minimum Gasteiger partial charge on any atom is -0.483 e. The number of primary amides is 1. The van der Waals surface area contributed by atoms with Crippen molar-refractivity contribution in [3.8, 4) is 5.75 Å². The topological polar surface area (TPSA) is 84.7 Å². The number of carbonyl (C=O) groups excluding carboxylic acids is 2. The molecule has 2 aromatic carbocycles. The molecule has 3 N–H and O–H groups in total. The van der Waals surface area contributed by atoms with Crippen molar-refractivity contribution >= 4 is 11.8 Å². The second-order valence-corrected chi connectivity index (χ2v) is 6.21. The Morgan fingerprint density at radius 1 is 1.00 bits per heavy atom. The molecule has 0 radical (unpaired) electrons. The lowest BCUT2D eigenvalue weighted by Crippen LogP contribution is -2.25. The molecule has 0 saturated heterocycles. The largest absolute Gasteiger partial charge is 0.483 e. The number of rotatable bonds is 10. The van der Waals surface area contributed by atoms with Gasteiger partial charge in [-0.15, -0.1) is 0 Å². The summed E-state index contributed by atoms with van der Waals surface area (Å²) in [7, 11) is 0. The van der Waals surface area contributed by atoms with Crippen molar-refractivity contribution in [2.75, 3.05) is 19.7 Å². The van der Waals surface area contributed by atoms with Gasteiger partial charge in [0.15, 0.2) is 6.61 Å². The molecule has 2 aromatic rings. The van der Waals surface area contributed by atoms with Crippen LogP contribution in [0.1, 0.15) is 35.3 Å². The van der Waals surface area contributed by atoms with Gasteiger partial charge in [-0.3, -0.25) is 14.5 Å². The fourth-order valence-corrected chi connectivity index (χ4v) is 2.67. The Bertz CT molecular complexity index is 756. The molecular formula is C21H27N3O3. The molecule has 0 atom stereocenters. The zero-order valence-electron chi connectivity index (χ0n) is 15.9. The van der Waals surface area contributed by atoms with Gasteiger partial charge < -0.3 is 15.8 Å². The van der Waals surface area contributed by atoms with Crippen molar-refractivity contribution < 1.29 is 14.3 Å². The van der Waals surface area contributed by atoms with Gasteiger partial charge in [-0.2, -0.15) is 0 Å². The molecule has 0 aromatic heterocycles. The van der Waals surface area contributed by atoms with Crippen LogP contribution in [0, 0.1) is 0 Å². The summed E-state index contributed by atoms with van der Waals surface area (Å²) in [4.78, 5) is 25.7. The molecule has 0 saturated carbocycles. The molecule has 27 heavy (non-hydrogen) atoms. The summed E-state index contributed by atoms with van der Waals surface area (Å²) < 4.78 is 5.31. The van der Waals surface area contributed by atoms with E-state index in [-0.39, 0.29) is 12.5 Å². The highest BCUT2D eigenvalue weighted by Gasteiger charge is 2.12. The second kappa shape index (κ2) is 10.3. The average Bonchev–Trinajstić information content (AvgIpc) is 2.69. The fraction of sp³-hybridized carbons (Fsp3) is 0.333. The van der Waals surface area contributed by atoms with E-state index in [2.05, 4.69) is 36.2 Å². The van der Waals surface area contributed by atoms with Gasteiger partial charge in [-0.05, 0) is 36.3 Å². The van der Waals surface area contributed by atoms with Gasteiger partial charge in [0.05, 0.1) is 5.56 Å². The smallest absolute Gasteiger partial charge is 0.255 e. The van der Waals surface area contributed by atoms with E-state index >= 15 is 0 Å². The molecular weight excluding hydrogens is 342 g/mol. The highest BCUT2D eigenvalue weighted by atomic mass is 16.5. The summed E-state index contributed by atoms with van der Waals surface area (Å²) in [6.45, 7) is 7.41. The SMILES string of the molecule is CCN(CC)Cc1ccc(CNC(=O)c2ccccc2OCC(N)=O)cc1. The van der Waals surface area contributed by atoms with Crippen LogP contribution in [-0.2, 0) is 17.9 Å². The quantitative estimate of drug-likeness (QED) is 0.673. The van der Waals surface area contributed by atoms with E-state index in [1.807, 2.05) is 12.1 Å². The summed E-state index contributed by atoms with van der Waals surface area (Å²) in [5, 5.41) is 2.88. The molecule has 0 unspecified atom stereocenters. The molecule has 0 bridgehead atoms. The van der Waals surface area contributed by atoms with Gasteiger partial charge in [0, 0.05) is 13.1 Å². The molecule has 6 nitrogen and oxygen atoms in total. The Balaban J connectivity index is 1.95. The van der Waals surface area contributed by atoms with Crippen molar-refractivity contribution in [2.45, 2.75) is 26.9 Å². The predicted octanol–water partition coefficient (Wildman–Crippen LogP) is 2.32. The summed E-state index contributed by atoms with van der Waals surface area (Å²) in [5.41, 5.74) is 7.73. The molecule has 6 heteroatoms. The maximum absolute atomic E-state index is 12.5. The number of carbonyl (C=O) groups is 2. The van der Waals surface area contributed by atoms with Gasteiger partial charge in [-0.1, -0.05) is 50.2 Å². The third-order valence-corrected chi connectivity index (χ3v) is 4.28. The first kappa shape index (κ1) is 20.5. The minimum absolute atomic E-state index is 0.262. The molecule has 2 amide bonds. The lowest BCUT2D eigenvalue weighted by Gasteiger charge is -2.18. The molecule has 0 aliphatic rings. The Morgan fingerprint density at radius 2 is 1.63 bits per heavy atom. The zero-order chi connectivity index (χ0) is 19.6. The van der Waals surface area contributed by atoms with E-state index in [4.69, 9.17) is 10.5 Å². The van der Waals surface area contributed by atoms with Crippen LogP contribution in [0.5, 0.6) is 5.75 Å². The highest BCUT2D eigenvalue weighted by molar-refractivity contribution is 5.97. The lowest BCUT2D eigenvalue weighted by molar-refractivity contribution is -0.119. The highest BCUT2D eigenvalue weighted by Crippen LogP contribution is 2.18. The Labute approximate surface area is 160 Å². The summed E-state index contributed by atoms with van der Waals surface area (Å²) in [5.74, 6) is -0.513. The molecule has 144 valence electrons. The Hall–Kier alpha value is -2.86. The van der Waals surface area contributed by atoms with Crippen molar-refractivity contribution in [3.05, 3.63) is 65.2 Å². The number of nitrogens with zero attached hydrogens (tertiary/aromatic N) is 1. The third kappa shape index (κ3) is 6.42. The maximum Gasteiger partial charge on any atom is 0.255 e. The van der Waals surface area contributed by atoms with Gasteiger partial charge >= 0.3 is 0 Å². The number of nitrogens with one attached hydrogen (secondary N) is 1. The molecule has 0 aliphatic carbocycles. The second-order valence-electron chi connectivity index (χ2n) is 6.21. The van der Waals surface area contributed by atoms with Gasteiger partial charge in [-0.25, -0.2) is 0 Å². The number of nitrogens with two attached hydrogens (primary N) is 1. The molecule has 0 fully saturated rings. The lowest BCUT2D eigenvalue weighted by atomic mass is 10.1. The van der Waals surface area contributed by atoms with Crippen molar-refractivity contribution in [3.63, 3.8) is 0 Å². The molecule has 0 aliphatic heterocycles. The number of ether oxygens (including phenoxy) is 1. The summed E-state index contributed by atoms with van der Waals surface area (Å²) in [6.07, 6.45) is 0. The van der Waals surface area contributed by atoms with Crippen LogP contribution in [0.2, 0.25) is 0 Å². The Morgan fingerprint density at radius 3 is 2.26 bits per heavy atom. The number of benzene rings is 2. The van der Waals surface area contributed by atoms with E-state index < -0.39 is 5.91 Å². The van der Waals surface area contributed by atoms with Gasteiger partial charge in [0.1, 0.15) is 5.75 Å². The number of para-hydroxylation sites is 1. The van der Waals surface area contributed by atoms with Crippen molar-refractivity contribution in [1.29, 1.82) is 0 Å².